The molecule has 0 aliphatic carbocycles. The van der Waals surface area contributed by atoms with Gasteiger partial charge in [0.15, 0.2) is 6.04 Å². The maximum atomic E-state index is 12.7. The van der Waals surface area contributed by atoms with Gasteiger partial charge in [0.05, 0.1) is 26.3 Å². The van der Waals surface area contributed by atoms with Crippen molar-refractivity contribution in [2.45, 2.75) is 13.0 Å². The Morgan fingerprint density at radius 2 is 1.89 bits per heavy atom. The van der Waals surface area contributed by atoms with Gasteiger partial charge in [0, 0.05) is 27.3 Å². The van der Waals surface area contributed by atoms with Gasteiger partial charge in [-0.2, -0.15) is 0 Å². The Kier molecular flexibility index (Phi) is 5.91. The molecule has 0 fully saturated rings. The van der Waals surface area contributed by atoms with Crippen molar-refractivity contribution in [3.8, 4) is 11.5 Å². The molecule has 142 valence electrons. The molecule has 0 aliphatic rings. The highest BCUT2D eigenvalue weighted by molar-refractivity contribution is 9.10. The monoisotopic (exact) mass is 432 g/mol. The zero-order valence-corrected chi connectivity index (χ0v) is 16.9. The van der Waals surface area contributed by atoms with Gasteiger partial charge in [-0.1, -0.05) is 15.9 Å². The predicted molar refractivity (Wildman–Crippen MR) is 109 cm³/mol. The van der Waals surface area contributed by atoms with Crippen molar-refractivity contribution in [3.05, 3.63) is 52.6 Å². The first-order chi connectivity index (χ1) is 13.1. The Bertz CT molecular complexity index is 937. The third-order valence-electron chi connectivity index (χ3n) is 4.23. The molecule has 0 spiro atoms. The van der Waals surface area contributed by atoms with E-state index in [1.165, 1.54) is 0 Å². The fourth-order valence-corrected chi connectivity index (χ4v) is 3.51. The number of hydrogen-bond donors (Lipinski definition) is 2. The maximum Gasteiger partial charge on any atom is 0.333 e. The second kappa shape index (κ2) is 8.35. The number of benzene rings is 2. The van der Waals surface area contributed by atoms with E-state index in [0.717, 1.165) is 32.4 Å². The first kappa shape index (κ1) is 19.1. The number of carbonyl (C=O) groups excluding carboxylic acids is 1. The van der Waals surface area contributed by atoms with Crippen LogP contribution >= 0.6 is 15.9 Å². The zero-order chi connectivity index (χ0) is 19.4. The Hall–Kier alpha value is -2.67. The molecular weight excluding hydrogens is 412 g/mol. The van der Waals surface area contributed by atoms with E-state index in [-0.39, 0.29) is 5.97 Å². The third kappa shape index (κ3) is 3.88. The number of fused-ring (bicyclic) bond motifs is 1. The molecule has 1 unspecified atom stereocenters. The van der Waals surface area contributed by atoms with Crippen molar-refractivity contribution in [1.82, 2.24) is 4.98 Å². The average Bonchev–Trinajstić information content (AvgIpc) is 3.13. The van der Waals surface area contributed by atoms with Crippen molar-refractivity contribution in [1.29, 1.82) is 0 Å². The lowest BCUT2D eigenvalue weighted by Crippen LogP contribution is -2.23. The van der Waals surface area contributed by atoms with Gasteiger partial charge in [0.2, 0.25) is 0 Å². The van der Waals surface area contributed by atoms with Crippen molar-refractivity contribution >= 4 is 38.5 Å². The van der Waals surface area contributed by atoms with Gasteiger partial charge in [-0.05, 0) is 43.3 Å². The largest absolute Gasteiger partial charge is 0.497 e. The van der Waals surface area contributed by atoms with E-state index >= 15 is 0 Å². The van der Waals surface area contributed by atoms with Crippen molar-refractivity contribution < 1.29 is 19.0 Å². The highest BCUT2D eigenvalue weighted by Gasteiger charge is 2.27. The lowest BCUT2D eigenvalue weighted by molar-refractivity contribution is -0.144. The normalized spacial score (nSPS) is 11.9. The summed E-state index contributed by atoms with van der Waals surface area (Å²) in [6, 6.07) is 10.5. The summed E-state index contributed by atoms with van der Waals surface area (Å²) in [6.07, 6.45) is 1.80. The number of ether oxygens (including phenoxy) is 3. The molecule has 6 nitrogen and oxygen atoms in total. The molecule has 0 bridgehead atoms. The number of H-pyrrole nitrogens is 1. The summed E-state index contributed by atoms with van der Waals surface area (Å²) in [5.41, 5.74) is 2.36. The predicted octanol–water partition coefficient (Wildman–Crippen LogP) is 4.66. The quantitative estimate of drug-likeness (QED) is 0.530. The van der Waals surface area contributed by atoms with Gasteiger partial charge in [-0.25, -0.2) is 4.79 Å². The van der Waals surface area contributed by atoms with Crippen molar-refractivity contribution in [2.75, 3.05) is 26.1 Å². The van der Waals surface area contributed by atoms with Crippen LogP contribution in [0, 0.1) is 0 Å². The number of aromatic amines is 1. The standard InChI is InChI=1S/C20H21BrN2O4/c1-4-27-20(24)18(23-12-5-7-13(25-2)8-6-12)14-11-22-19-16(26-3)10-9-15(21)17(14)19/h5-11,18,22-23H,4H2,1-3H3. The number of carbonyl (C=O) groups is 1. The minimum Gasteiger partial charge on any atom is -0.497 e. The van der Waals surface area contributed by atoms with Crippen LogP contribution in [-0.4, -0.2) is 31.8 Å². The number of aromatic nitrogens is 1. The smallest absolute Gasteiger partial charge is 0.333 e. The second-order valence-electron chi connectivity index (χ2n) is 5.80. The maximum absolute atomic E-state index is 12.7. The molecule has 1 atom stereocenters. The highest BCUT2D eigenvalue weighted by Crippen LogP contribution is 2.37. The number of esters is 1. The Morgan fingerprint density at radius 3 is 2.52 bits per heavy atom. The van der Waals surface area contributed by atoms with E-state index in [9.17, 15) is 4.79 Å². The molecule has 0 saturated heterocycles. The molecule has 0 saturated carbocycles. The van der Waals surface area contributed by atoms with Crippen LogP contribution in [0.5, 0.6) is 11.5 Å². The van der Waals surface area contributed by atoms with Crippen molar-refractivity contribution in [2.24, 2.45) is 0 Å². The Labute approximate surface area is 165 Å². The van der Waals surface area contributed by atoms with Gasteiger partial charge in [-0.3, -0.25) is 0 Å². The van der Waals surface area contributed by atoms with E-state index < -0.39 is 6.04 Å². The van der Waals surface area contributed by atoms with E-state index in [1.54, 1.807) is 27.3 Å². The molecule has 2 N–H and O–H groups in total. The van der Waals surface area contributed by atoms with Gasteiger partial charge >= 0.3 is 5.97 Å². The number of rotatable bonds is 7. The number of anilines is 1. The van der Waals surface area contributed by atoms with Crippen LogP contribution in [0.3, 0.4) is 0 Å². The van der Waals surface area contributed by atoms with E-state index in [0.29, 0.717) is 12.4 Å². The van der Waals surface area contributed by atoms with Crippen LogP contribution < -0.4 is 14.8 Å². The fourth-order valence-electron chi connectivity index (χ4n) is 2.95. The van der Waals surface area contributed by atoms with Crippen LogP contribution in [0.15, 0.2) is 47.1 Å². The Morgan fingerprint density at radius 1 is 1.15 bits per heavy atom. The first-order valence-electron chi connectivity index (χ1n) is 8.49. The van der Waals surface area contributed by atoms with Gasteiger partial charge in [0.1, 0.15) is 11.5 Å². The summed E-state index contributed by atoms with van der Waals surface area (Å²) < 4.78 is 16.8. The average molecular weight is 433 g/mol. The van der Waals surface area contributed by atoms with Crippen LogP contribution in [0.25, 0.3) is 10.9 Å². The molecule has 3 rings (SSSR count). The summed E-state index contributed by atoms with van der Waals surface area (Å²) in [6.45, 7) is 2.09. The number of hydrogen-bond acceptors (Lipinski definition) is 5. The topological polar surface area (TPSA) is 72.6 Å². The van der Waals surface area contributed by atoms with Gasteiger partial charge in [-0.15, -0.1) is 0 Å². The molecule has 0 radical (unpaired) electrons. The summed E-state index contributed by atoms with van der Waals surface area (Å²) in [4.78, 5) is 15.9. The van der Waals surface area contributed by atoms with E-state index in [2.05, 4.69) is 26.2 Å². The molecule has 2 aromatic carbocycles. The summed E-state index contributed by atoms with van der Waals surface area (Å²) >= 11 is 3.58. The van der Waals surface area contributed by atoms with Crippen LogP contribution in [-0.2, 0) is 9.53 Å². The lowest BCUT2D eigenvalue weighted by atomic mass is 10.0. The third-order valence-corrected chi connectivity index (χ3v) is 4.89. The van der Waals surface area contributed by atoms with E-state index in [1.807, 2.05) is 36.4 Å². The summed E-state index contributed by atoms with van der Waals surface area (Å²) in [5, 5.41) is 4.13. The number of nitrogens with one attached hydrogen (secondary N) is 2. The lowest BCUT2D eigenvalue weighted by Gasteiger charge is -2.19. The number of halogens is 1. The SMILES string of the molecule is CCOC(=O)C(Nc1ccc(OC)cc1)c1c[nH]c2c(OC)ccc(Br)c12. The summed E-state index contributed by atoms with van der Waals surface area (Å²) in [5.74, 6) is 1.09. The second-order valence-corrected chi connectivity index (χ2v) is 6.66. The first-order valence-corrected chi connectivity index (χ1v) is 9.29. The molecule has 1 aromatic heterocycles. The molecular formula is C20H21BrN2O4. The molecule has 27 heavy (non-hydrogen) atoms. The van der Waals surface area contributed by atoms with Gasteiger partial charge < -0.3 is 24.5 Å². The van der Waals surface area contributed by atoms with Gasteiger partial charge in [0.25, 0.3) is 0 Å². The molecule has 0 amide bonds. The van der Waals surface area contributed by atoms with Crippen LogP contribution in [0.4, 0.5) is 5.69 Å². The molecule has 1 heterocycles. The summed E-state index contributed by atoms with van der Waals surface area (Å²) in [7, 11) is 3.22. The van der Waals surface area contributed by atoms with Crippen molar-refractivity contribution in [3.63, 3.8) is 0 Å². The fraction of sp³-hybridized carbons (Fsp3) is 0.250. The number of methoxy groups -OCH3 is 2. The molecule has 0 aliphatic heterocycles. The van der Waals surface area contributed by atoms with Crippen LogP contribution in [0.2, 0.25) is 0 Å². The minimum atomic E-state index is -0.685. The highest BCUT2D eigenvalue weighted by atomic mass is 79.9. The molecule has 3 aromatic rings. The zero-order valence-electron chi connectivity index (χ0n) is 15.3. The van der Waals surface area contributed by atoms with E-state index in [4.69, 9.17) is 14.2 Å². The molecule has 7 heteroatoms. The van der Waals surface area contributed by atoms with Crippen LogP contribution in [0.1, 0.15) is 18.5 Å². The minimum absolute atomic E-state index is 0.298. The Balaban J connectivity index is 2.05.